The normalized spacial score (nSPS) is 20.8. The minimum Gasteiger partial charge on any atom is -0.349 e. The summed E-state index contributed by atoms with van der Waals surface area (Å²) in [5, 5.41) is 0. The van der Waals surface area contributed by atoms with Crippen molar-refractivity contribution in [1.82, 2.24) is 4.90 Å². The van der Waals surface area contributed by atoms with E-state index in [0.29, 0.717) is 5.92 Å². The summed E-state index contributed by atoms with van der Waals surface area (Å²) < 4.78 is 0. The van der Waals surface area contributed by atoms with E-state index in [2.05, 4.69) is 79.2 Å². The largest absolute Gasteiger partial charge is 0.349 e. The lowest BCUT2D eigenvalue weighted by molar-refractivity contribution is 0.404. The number of hydrogen-bond acceptors (Lipinski definition) is 2. The fourth-order valence-corrected chi connectivity index (χ4v) is 3.64. The molecule has 0 aromatic heterocycles. The third-order valence-corrected chi connectivity index (χ3v) is 5.27. The van der Waals surface area contributed by atoms with Gasteiger partial charge in [0, 0.05) is 24.5 Å². The highest BCUT2D eigenvalue weighted by Gasteiger charge is 2.19. The SMILES string of the molecule is C=C1C=C(CC)N(CC(N)c2ccccc2)C=C1CCC1C=CC=CC1. The molecule has 0 amide bonds. The molecule has 1 aliphatic carbocycles. The average Bonchev–Trinajstić information content (AvgIpc) is 2.69. The Bertz CT molecular complexity index is 737. The standard InChI is InChI=1S/C24H30N2/c1-3-23-16-19(2)22(15-14-20-10-6-4-7-11-20)17-26(23)18-24(25)21-12-8-5-9-13-21/h4-10,12-13,16-17,20,24H,2-3,11,14-15,18,25H2,1H3. The maximum Gasteiger partial charge on any atom is 0.0477 e. The molecule has 2 aliphatic rings. The van der Waals surface area contributed by atoms with Crippen molar-refractivity contribution < 1.29 is 0 Å². The summed E-state index contributed by atoms with van der Waals surface area (Å²) in [6.45, 7) is 7.29. The van der Waals surface area contributed by atoms with Gasteiger partial charge in [-0.3, -0.25) is 0 Å². The molecule has 2 atom stereocenters. The first-order valence-electron chi connectivity index (χ1n) is 9.68. The van der Waals surface area contributed by atoms with E-state index < -0.39 is 0 Å². The molecular formula is C24H30N2. The molecule has 0 spiro atoms. The second kappa shape index (κ2) is 8.86. The highest BCUT2D eigenvalue weighted by Crippen LogP contribution is 2.30. The Kier molecular flexibility index (Phi) is 6.30. The fraction of sp³-hybridized carbons (Fsp3) is 0.333. The Morgan fingerprint density at radius 2 is 2.04 bits per heavy atom. The van der Waals surface area contributed by atoms with Gasteiger partial charge < -0.3 is 10.6 Å². The Hall–Kier alpha value is -2.32. The van der Waals surface area contributed by atoms with Crippen LogP contribution in [-0.4, -0.2) is 11.4 Å². The fourth-order valence-electron chi connectivity index (χ4n) is 3.64. The van der Waals surface area contributed by atoms with Crippen molar-refractivity contribution in [3.63, 3.8) is 0 Å². The molecule has 0 saturated heterocycles. The monoisotopic (exact) mass is 346 g/mol. The van der Waals surface area contributed by atoms with E-state index in [1.165, 1.54) is 23.3 Å². The van der Waals surface area contributed by atoms with Gasteiger partial charge in [-0.05, 0) is 54.4 Å². The van der Waals surface area contributed by atoms with Crippen LogP contribution in [0.3, 0.4) is 0 Å². The Morgan fingerprint density at radius 1 is 1.23 bits per heavy atom. The molecule has 2 unspecified atom stereocenters. The molecular weight excluding hydrogens is 316 g/mol. The van der Waals surface area contributed by atoms with E-state index in [1.807, 2.05) is 6.07 Å². The summed E-state index contributed by atoms with van der Waals surface area (Å²) in [5.74, 6) is 0.644. The van der Waals surface area contributed by atoms with E-state index in [0.717, 1.165) is 31.4 Å². The maximum atomic E-state index is 6.48. The number of allylic oxidation sites excluding steroid dienone is 8. The molecule has 0 bridgehead atoms. The third kappa shape index (κ3) is 4.64. The molecule has 136 valence electrons. The van der Waals surface area contributed by atoms with Crippen molar-refractivity contribution >= 4 is 0 Å². The molecule has 3 rings (SSSR count). The Labute approximate surface area is 158 Å². The number of rotatable bonds is 7. The van der Waals surface area contributed by atoms with Gasteiger partial charge in [0.2, 0.25) is 0 Å². The number of nitrogens with two attached hydrogens (primary N) is 1. The van der Waals surface area contributed by atoms with Gasteiger partial charge in [-0.15, -0.1) is 0 Å². The van der Waals surface area contributed by atoms with E-state index >= 15 is 0 Å². The quantitative estimate of drug-likeness (QED) is 0.691. The third-order valence-electron chi connectivity index (χ3n) is 5.27. The van der Waals surface area contributed by atoms with Gasteiger partial charge in [-0.25, -0.2) is 0 Å². The molecule has 26 heavy (non-hydrogen) atoms. The summed E-state index contributed by atoms with van der Waals surface area (Å²) in [7, 11) is 0. The second-order valence-electron chi connectivity index (χ2n) is 7.19. The summed E-state index contributed by atoms with van der Waals surface area (Å²) in [6.07, 6.45) is 17.8. The lowest BCUT2D eigenvalue weighted by Crippen LogP contribution is -2.30. The summed E-state index contributed by atoms with van der Waals surface area (Å²) >= 11 is 0. The predicted octanol–water partition coefficient (Wildman–Crippen LogP) is 5.65. The van der Waals surface area contributed by atoms with Crippen molar-refractivity contribution in [2.75, 3.05) is 6.54 Å². The van der Waals surface area contributed by atoms with Crippen molar-refractivity contribution in [3.05, 3.63) is 95.9 Å². The second-order valence-corrected chi connectivity index (χ2v) is 7.19. The number of benzene rings is 1. The lowest BCUT2D eigenvalue weighted by atomic mass is 9.90. The number of hydrogen-bond donors (Lipinski definition) is 1. The Balaban J connectivity index is 1.68. The van der Waals surface area contributed by atoms with Crippen LogP contribution in [0.5, 0.6) is 0 Å². The first kappa shape index (κ1) is 18.5. The minimum atomic E-state index is 0.00132. The molecule has 1 aromatic rings. The van der Waals surface area contributed by atoms with Crippen LogP contribution in [0.25, 0.3) is 0 Å². The molecule has 2 heteroatoms. The summed E-state index contributed by atoms with van der Waals surface area (Å²) in [5.41, 5.74) is 11.4. The van der Waals surface area contributed by atoms with Crippen LogP contribution >= 0.6 is 0 Å². The van der Waals surface area contributed by atoms with Crippen molar-refractivity contribution in [3.8, 4) is 0 Å². The topological polar surface area (TPSA) is 29.3 Å². The minimum absolute atomic E-state index is 0.00132. The van der Waals surface area contributed by atoms with Gasteiger partial charge in [0.05, 0.1) is 0 Å². The van der Waals surface area contributed by atoms with Crippen LogP contribution in [0.15, 0.2) is 90.3 Å². The Morgan fingerprint density at radius 3 is 2.73 bits per heavy atom. The van der Waals surface area contributed by atoms with Crippen LogP contribution < -0.4 is 5.73 Å². The van der Waals surface area contributed by atoms with Gasteiger partial charge in [0.15, 0.2) is 0 Å². The zero-order valence-corrected chi connectivity index (χ0v) is 15.8. The zero-order valence-electron chi connectivity index (χ0n) is 15.8. The smallest absolute Gasteiger partial charge is 0.0477 e. The molecule has 1 aromatic carbocycles. The molecule has 0 radical (unpaired) electrons. The molecule has 1 heterocycles. The van der Waals surface area contributed by atoms with E-state index in [1.54, 1.807) is 0 Å². The number of nitrogens with zero attached hydrogens (tertiary/aromatic N) is 1. The summed E-state index contributed by atoms with van der Waals surface area (Å²) in [6, 6.07) is 10.4. The van der Waals surface area contributed by atoms with Gasteiger partial charge >= 0.3 is 0 Å². The van der Waals surface area contributed by atoms with Crippen LogP contribution in [0.4, 0.5) is 0 Å². The van der Waals surface area contributed by atoms with Crippen molar-refractivity contribution in [1.29, 1.82) is 0 Å². The van der Waals surface area contributed by atoms with Gasteiger partial charge in [0.25, 0.3) is 0 Å². The van der Waals surface area contributed by atoms with Crippen LogP contribution in [-0.2, 0) is 0 Å². The van der Waals surface area contributed by atoms with Crippen molar-refractivity contribution in [2.24, 2.45) is 11.7 Å². The molecule has 0 saturated carbocycles. The maximum absolute atomic E-state index is 6.48. The van der Waals surface area contributed by atoms with E-state index in [9.17, 15) is 0 Å². The van der Waals surface area contributed by atoms with E-state index in [4.69, 9.17) is 5.73 Å². The van der Waals surface area contributed by atoms with Gasteiger partial charge in [0.1, 0.15) is 0 Å². The first-order valence-corrected chi connectivity index (χ1v) is 9.68. The predicted molar refractivity (Wildman–Crippen MR) is 111 cm³/mol. The molecule has 1 aliphatic heterocycles. The highest BCUT2D eigenvalue weighted by molar-refractivity contribution is 5.43. The van der Waals surface area contributed by atoms with Crippen molar-refractivity contribution in [2.45, 2.75) is 38.6 Å². The zero-order chi connectivity index (χ0) is 18.4. The molecule has 0 fully saturated rings. The molecule has 2 N–H and O–H groups in total. The highest BCUT2D eigenvalue weighted by atomic mass is 15.1. The lowest BCUT2D eigenvalue weighted by Gasteiger charge is -2.31. The molecule has 2 nitrogen and oxygen atoms in total. The van der Waals surface area contributed by atoms with Crippen LogP contribution in [0.1, 0.15) is 44.2 Å². The van der Waals surface area contributed by atoms with Crippen LogP contribution in [0.2, 0.25) is 0 Å². The average molecular weight is 347 g/mol. The van der Waals surface area contributed by atoms with E-state index in [-0.39, 0.29) is 6.04 Å². The van der Waals surface area contributed by atoms with Gasteiger partial charge in [-0.2, -0.15) is 0 Å². The van der Waals surface area contributed by atoms with Gasteiger partial charge in [-0.1, -0.05) is 68.1 Å². The first-order chi connectivity index (χ1) is 12.7. The summed E-state index contributed by atoms with van der Waals surface area (Å²) in [4.78, 5) is 2.33. The van der Waals surface area contributed by atoms with Crippen LogP contribution in [0, 0.1) is 5.92 Å².